The summed E-state index contributed by atoms with van der Waals surface area (Å²) in [6, 6.07) is 13.8. The van der Waals surface area contributed by atoms with E-state index in [1.807, 2.05) is 24.4 Å². The number of carbonyl (C=O) groups excluding carboxylic acids is 1. The predicted molar refractivity (Wildman–Crippen MR) is 88.0 cm³/mol. The van der Waals surface area contributed by atoms with E-state index >= 15 is 0 Å². The smallest absolute Gasteiger partial charge is 0.411 e. The van der Waals surface area contributed by atoms with E-state index in [-0.39, 0.29) is 5.82 Å². The molecule has 23 heavy (non-hydrogen) atoms. The number of aryl methyl sites for hydroxylation is 1. The average molecular weight is 312 g/mol. The second-order valence-corrected chi connectivity index (χ2v) is 5.23. The van der Waals surface area contributed by atoms with Gasteiger partial charge in [-0.15, -0.1) is 0 Å². The zero-order chi connectivity index (χ0) is 16.1. The van der Waals surface area contributed by atoms with Crippen molar-refractivity contribution in [1.29, 1.82) is 0 Å². The molecule has 1 heterocycles. The molecule has 2 N–H and O–H groups in total. The summed E-state index contributed by atoms with van der Waals surface area (Å²) in [4.78, 5) is 14.8. The number of aromatic nitrogens is 1. The third kappa shape index (κ3) is 3.88. The van der Waals surface area contributed by atoms with Gasteiger partial charge in [0.1, 0.15) is 5.82 Å². The van der Waals surface area contributed by atoms with Crippen molar-refractivity contribution in [3.05, 3.63) is 66.1 Å². The van der Waals surface area contributed by atoms with E-state index in [9.17, 15) is 9.18 Å². The van der Waals surface area contributed by atoms with Crippen LogP contribution in [0.3, 0.4) is 0 Å². The highest BCUT2D eigenvalue weighted by Gasteiger charge is 2.06. The number of nitrogens with one attached hydrogen (secondary N) is 2. The van der Waals surface area contributed by atoms with Crippen LogP contribution in [0.15, 0.2) is 54.7 Å². The molecule has 0 radical (unpaired) electrons. The predicted octanol–water partition coefficient (Wildman–Crippen LogP) is 4.49. The lowest BCUT2D eigenvalue weighted by molar-refractivity contribution is 0.160. The Labute approximate surface area is 133 Å². The highest BCUT2D eigenvalue weighted by molar-refractivity contribution is 5.84. The number of amides is 1. The molecule has 118 valence electrons. The molecular weight excluding hydrogens is 295 g/mol. The van der Waals surface area contributed by atoms with Crippen molar-refractivity contribution >= 4 is 22.7 Å². The number of H-pyrrole nitrogens is 1. The normalized spacial score (nSPS) is 10.7. The van der Waals surface area contributed by atoms with Crippen LogP contribution in [-0.4, -0.2) is 17.7 Å². The minimum Gasteiger partial charge on any atom is -0.449 e. The van der Waals surface area contributed by atoms with Gasteiger partial charge in [0.05, 0.1) is 6.61 Å². The molecule has 3 rings (SSSR count). The van der Waals surface area contributed by atoms with Gasteiger partial charge < -0.3 is 9.72 Å². The van der Waals surface area contributed by atoms with E-state index < -0.39 is 6.09 Å². The Morgan fingerprint density at radius 1 is 1.17 bits per heavy atom. The van der Waals surface area contributed by atoms with Gasteiger partial charge in [-0.1, -0.05) is 18.2 Å². The molecule has 0 atom stereocenters. The second-order valence-electron chi connectivity index (χ2n) is 5.23. The largest absolute Gasteiger partial charge is 0.449 e. The minimum absolute atomic E-state index is 0.253. The molecule has 0 aliphatic rings. The van der Waals surface area contributed by atoms with Crippen molar-refractivity contribution in [3.63, 3.8) is 0 Å². The first kappa shape index (κ1) is 15.1. The van der Waals surface area contributed by atoms with Crippen LogP contribution in [0.2, 0.25) is 0 Å². The number of carbonyl (C=O) groups is 1. The number of hydrogen-bond donors (Lipinski definition) is 2. The molecule has 3 aromatic rings. The molecule has 0 aliphatic carbocycles. The molecule has 0 saturated carbocycles. The van der Waals surface area contributed by atoms with Gasteiger partial charge in [-0.25, -0.2) is 9.18 Å². The van der Waals surface area contributed by atoms with Crippen molar-refractivity contribution in [2.24, 2.45) is 0 Å². The molecule has 5 heteroatoms. The van der Waals surface area contributed by atoms with Crippen molar-refractivity contribution in [1.82, 2.24) is 4.98 Å². The van der Waals surface area contributed by atoms with E-state index in [1.54, 1.807) is 18.2 Å². The lowest BCUT2D eigenvalue weighted by Gasteiger charge is -2.06. The van der Waals surface area contributed by atoms with Crippen LogP contribution in [0, 0.1) is 5.82 Å². The lowest BCUT2D eigenvalue weighted by atomic mass is 10.1. The molecule has 1 amide bonds. The van der Waals surface area contributed by atoms with Gasteiger partial charge in [0.15, 0.2) is 0 Å². The zero-order valence-corrected chi connectivity index (χ0v) is 12.5. The number of rotatable bonds is 5. The molecule has 1 aromatic heterocycles. The van der Waals surface area contributed by atoms with Crippen molar-refractivity contribution < 1.29 is 13.9 Å². The number of ether oxygens (including phenoxy) is 1. The number of para-hydroxylation sites is 1. The SMILES string of the molecule is O=C(Nc1ccccc1)OCCCc1c[nH]c2ccc(F)cc12. The number of halogens is 1. The maximum atomic E-state index is 13.3. The Balaban J connectivity index is 1.47. The molecule has 0 aliphatic heterocycles. The molecular formula is C18H17FN2O2. The first-order valence-electron chi connectivity index (χ1n) is 7.47. The van der Waals surface area contributed by atoms with E-state index in [0.717, 1.165) is 16.5 Å². The molecule has 4 nitrogen and oxygen atoms in total. The Bertz CT molecular complexity index is 799. The van der Waals surface area contributed by atoms with Gasteiger partial charge in [-0.2, -0.15) is 0 Å². The maximum absolute atomic E-state index is 13.3. The highest BCUT2D eigenvalue weighted by atomic mass is 19.1. The zero-order valence-electron chi connectivity index (χ0n) is 12.5. The van der Waals surface area contributed by atoms with Crippen LogP contribution in [0.25, 0.3) is 10.9 Å². The van der Waals surface area contributed by atoms with E-state index in [4.69, 9.17) is 4.74 Å². The van der Waals surface area contributed by atoms with Gasteiger partial charge >= 0.3 is 6.09 Å². The number of fused-ring (bicyclic) bond motifs is 1. The minimum atomic E-state index is -0.471. The van der Waals surface area contributed by atoms with Crippen LogP contribution in [-0.2, 0) is 11.2 Å². The molecule has 2 aromatic carbocycles. The number of anilines is 1. The van der Waals surface area contributed by atoms with Crippen molar-refractivity contribution in [2.45, 2.75) is 12.8 Å². The standard InChI is InChI=1S/C18H17FN2O2/c19-14-8-9-17-16(11-14)13(12-20-17)5-4-10-23-18(22)21-15-6-2-1-3-7-15/h1-3,6-9,11-12,20H,4-5,10H2,(H,21,22). The summed E-state index contributed by atoms with van der Waals surface area (Å²) in [5.74, 6) is -0.253. The molecule has 0 spiro atoms. The van der Waals surface area contributed by atoms with Crippen LogP contribution < -0.4 is 5.32 Å². The summed E-state index contributed by atoms with van der Waals surface area (Å²) in [5.41, 5.74) is 2.63. The topological polar surface area (TPSA) is 54.1 Å². The fraction of sp³-hybridized carbons (Fsp3) is 0.167. The third-order valence-electron chi connectivity index (χ3n) is 3.57. The summed E-state index contributed by atoms with van der Waals surface area (Å²) >= 11 is 0. The van der Waals surface area contributed by atoms with Gasteiger partial charge in [0.2, 0.25) is 0 Å². The van der Waals surface area contributed by atoms with E-state index in [0.29, 0.717) is 25.1 Å². The molecule has 0 unspecified atom stereocenters. The number of benzene rings is 2. The van der Waals surface area contributed by atoms with Crippen molar-refractivity contribution in [3.8, 4) is 0 Å². The monoisotopic (exact) mass is 312 g/mol. The first-order chi connectivity index (χ1) is 11.2. The summed E-state index contributed by atoms with van der Waals surface area (Å²) in [7, 11) is 0. The van der Waals surface area contributed by atoms with Gasteiger partial charge in [-0.3, -0.25) is 5.32 Å². The van der Waals surface area contributed by atoms with Crippen LogP contribution in [0.1, 0.15) is 12.0 Å². The Morgan fingerprint density at radius 3 is 2.83 bits per heavy atom. The first-order valence-corrected chi connectivity index (χ1v) is 7.47. The summed E-state index contributed by atoms with van der Waals surface area (Å²) in [6.45, 7) is 0.306. The Hall–Kier alpha value is -2.82. The summed E-state index contributed by atoms with van der Waals surface area (Å²) < 4.78 is 18.4. The van der Waals surface area contributed by atoms with Crippen molar-refractivity contribution in [2.75, 3.05) is 11.9 Å². The maximum Gasteiger partial charge on any atom is 0.411 e. The fourth-order valence-electron chi connectivity index (χ4n) is 2.46. The summed E-state index contributed by atoms with van der Waals surface area (Å²) in [6.07, 6.45) is 2.78. The lowest BCUT2D eigenvalue weighted by Crippen LogP contribution is -2.14. The Kier molecular flexibility index (Phi) is 4.57. The number of aromatic amines is 1. The van der Waals surface area contributed by atoms with Gasteiger partial charge in [0.25, 0.3) is 0 Å². The van der Waals surface area contributed by atoms with Gasteiger partial charge in [0, 0.05) is 22.8 Å². The van der Waals surface area contributed by atoms with Crippen LogP contribution in [0.4, 0.5) is 14.9 Å². The van der Waals surface area contributed by atoms with Gasteiger partial charge in [-0.05, 0) is 48.7 Å². The molecule has 0 bridgehead atoms. The van der Waals surface area contributed by atoms with E-state index in [2.05, 4.69) is 10.3 Å². The quantitative estimate of drug-likeness (QED) is 0.682. The molecule has 0 saturated heterocycles. The van der Waals surface area contributed by atoms with Crippen LogP contribution in [0.5, 0.6) is 0 Å². The molecule has 0 fully saturated rings. The second kappa shape index (κ2) is 6.96. The Morgan fingerprint density at radius 2 is 2.00 bits per heavy atom. The fourth-order valence-corrected chi connectivity index (χ4v) is 2.46. The van der Waals surface area contributed by atoms with E-state index in [1.165, 1.54) is 12.1 Å². The number of hydrogen-bond acceptors (Lipinski definition) is 2. The third-order valence-corrected chi connectivity index (χ3v) is 3.57. The average Bonchev–Trinajstić information content (AvgIpc) is 2.95. The highest BCUT2D eigenvalue weighted by Crippen LogP contribution is 2.20. The van der Waals surface area contributed by atoms with Crippen LogP contribution >= 0.6 is 0 Å². The summed E-state index contributed by atoms with van der Waals surface area (Å²) in [5, 5.41) is 3.53.